The van der Waals surface area contributed by atoms with Crippen LogP contribution in [0.1, 0.15) is 5.56 Å². The molecule has 0 aliphatic carbocycles. The molecule has 3 rings (SSSR count). The summed E-state index contributed by atoms with van der Waals surface area (Å²) >= 11 is 0. The fourth-order valence-electron chi connectivity index (χ4n) is 2.33. The fourth-order valence-corrected chi connectivity index (χ4v) is 2.33. The summed E-state index contributed by atoms with van der Waals surface area (Å²) in [5.74, 6) is 1.63. The highest BCUT2D eigenvalue weighted by Crippen LogP contribution is 2.33. The van der Waals surface area contributed by atoms with Gasteiger partial charge in [-0.1, -0.05) is 24.3 Å². The monoisotopic (exact) mass is 296 g/mol. The number of para-hydroxylation sites is 1. The first-order valence-corrected chi connectivity index (χ1v) is 6.87. The highest BCUT2D eigenvalue weighted by atomic mass is 16.5. The van der Waals surface area contributed by atoms with Gasteiger partial charge in [-0.15, -0.1) is 0 Å². The minimum absolute atomic E-state index is 0.0533. The van der Waals surface area contributed by atoms with Crippen LogP contribution >= 0.6 is 0 Å². The second-order valence-corrected chi connectivity index (χ2v) is 4.80. The lowest BCUT2D eigenvalue weighted by atomic mass is 10.1. The number of aliphatic hydroxyl groups is 1. The fraction of sp³-hybridized carbons (Fsp3) is 0.125. The van der Waals surface area contributed by atoms with E-state index in [2.05, 4.69) is 9.97 Å². The minimum Gasteiger partial charge on any atom is -0.456 e. The molecule has 0 amide bonds. The van der Waals surface area contributed by atoms with E-state index in [1.165, 1.54) is 0 Å². The first-order valence-electron chi connectivity index (χ1n) is 6.87. The van der Waals surface area contributed by atoms with Gasteiger partial charge in [-0.3, -0.25) is 0 Å². The van der Waals surface area contributed by atoms with Crippen molar-refractivity contribution in [2.45, 2.75) is 6.42 Å². The maximum atomic E-state index is 9.15. The molecule has 1 aromatic heterocycles. The molecule has 0 aliphatic heterocycles. The van der Waals surface area contributed by atoms with E-state index in [1.54, 1.807) is 12.1 Å². The second kappa shape index (κ2) is 5.87. The number of nitrogens with two attached hydrogens (primary N) is 2. The lowest BCUT2D eigenvalue weighted by Gasteiger charge is -2.13. The Hall–Kier alpha value is -2.86. The van der Waals surface area contributed by atoms with Crippen LogP contribution in [0.5, 0.6) is 11.5 Å². The number of rotatable bonds is 4. The molecule has 6 heteroatoms. The Morgan fingerprint density at radius 2 is 1.73 bits per heavy atom. The van der Waals surface area contributed by atoms with Crippen LogP contribution in [-0.2, 0) is 6.42 Å². The zero-order chi connectivity index (χ0) is 15.5. The Balaban J connectivity index is 2.08. The van der Waals surface area contributed by atoms with E-state index < -0.39 is 0 Å². The van der Waals surface area contributed by atoms with Gasteiger partial charge in [0.15, 0.2) is 0 Å². The van der Waals surface area contributed by atoms with Crippen LogP contribution in [0.2, 0.25) is 0 Å². The molecule has 112 valence electrons. The van der Waals surface area contributed by atoms with Crippen molar-refractivity contribution in [1.82, 2.24) is 9.97 Å². The number of benzene rings is 2. The molecule has 22 heavy (non-hydrogen) atoms. The van der Waals surface area contributed by atoms with Crippen molar-refractivity contribution in [3.8, 4) is 11.5 Å². The van der Waals surface area contributed by atoms with E-state index in [1.807, 2.05) is 30.3 Å². The van der Waals surface area contributed by atoms with Gasteiger partial charge >= 0.3 is 0 Å². The van der Waals surface area contributed by atoms with Crippen LogP contribution in [0.25, 0.3) is 10.9 Å². The third-order valence-electron chi connectivity index (χ3n) is 3.30. The Kier molecular flexibility index (Phi) is 3.76. The van der Waals surface area contributed by atoms with E-state index in [4.69, 9.17) is 21.3 Å². The number of aromatic nitrogens is 2. The quantitative estimate of drug-likeness (QED) is 0.680. The maximum absolute atomic E-state index is 9.15. The second-order valence-electron chi connectivity index (χ2n) is 4.80. The molecule has 0 spiro atoms. The van der Waals surface area contributed by atoms with Gasteiger partial charge in [0.25, 0.3) is 0 Å². The SMILES string of the molecule is Nc1nc(N)c2c(Oc3ccccc3CCO)cccc2n1. The van der Waals surface area contributed by atoms with Crippen molar-refractivity contribution in [2.24, 2.45) is 0 Å². The van der Waals surface area contributed by atoms with Gasteiger partial charge in [0.1, 0.15) is 17.3 Å². The molecule has 0 saturated carbocycles. The van der Waals surface area contributed by atoms with Gasteiger partial charge in [-0.05, 0) is 30.2 Å². The molecule has 1 heterocycles. The number of fused-ring (bicyclic) bond motifs is 1. The van der Waals surface area contributed by atoms with Crippen LogP contribution in [0, 0.1) is 0 Å². The van der Waals surface area contributed by atoms with E-state index in [9.17, 15) is 0 Å². The van der Waals surface area contributed by atoms with Gasteiger partial charge < -0.3 is 21.3 Å². The third kappa shape index (κ3) is 2.64. The molecule has 0 bridgehead atoms. The summed E-state index contributed by atoms with van der Waals surface area (Å²) < 4.78 is 5.98. The zero-order valence-electron chi connectivity index (χ0n) is 11.9. The van der Waals surface area contributed by atoms with E-state index in [0.717, 1.165) is 5.56 Å². The topological polar surface area (TPSA) is 107 Å². The molecule has 0 aliphatic rings. The molecule has 2 aromatic carbocycles. The molecule has 0 atom stereocenters. The summed E-state index contributed by atoms with van der Waals surface area (Å²) in [6, 6.07) is 13.0. The molecule has 0 radical (unpaired) electrons. The zero-order valence-corrected chi connectivity index (χ0v) is 11.9. The minimum atomic E-state index is 0.0533. The average Bonchev–Trinajstić information content (AvgIpc) is 2.49. The largest absolute Gasteiger partial charge is 0.456 e. The van der Waals surface area contributed by atoms with Crippen LogP contribution in [0.4, 0.5) is 11.8 Å². The summed E-state index contributed by atoms with van der Waals surface area (Å²) in [5, 5.41) is 9.77. The van der Waals surface area contributed by atoms with Gasteiger partial charge in [0.05, 0.1) is 10.9 Å². The lowest BCUT2D eigenvalue weighted by Crippen LogP contribution is -2.02. The number of anilines is 2. The average molecular weight is 296 g/mol. The number of nitrogens with zero attached hydrogens (tertiary/aromatic N) is 2. The van der Waals surface area contributed by atoms with Crippen LogP contribution in [0.15, 0.2) is 42.5 Å². The summed E-state index contributed by atoms with van der Waals surface area (Å²) in [6.45, 7) is 0.0533. The third-order valence-corrected chi connectivity index (χ3v) is 3.30. The molecule has 0 saturated heterocycles. The summed E-state index contributed by atoms with van der Waals surface area (Å²) in [6.07, 6.45) is 0.514. The smallest absolute Gasteiger partial charge is 0.222 e. The highest BCUT2D eigenvalue weighted by molar-refractivity contribution is 5.94. The predicted octanol–water partition coefficient (Wildman–Crippen LogP) is 2.12. The Bertz CT molecular complexity index is 820. The first kappa shape index (κ1) is 14.1. The normalized spacial score (nSPS) is 10.8. The van der Waals surface area contributed by atoms with Gasteiger partial charge in [-0.25, -0.2) is 4.98 Å². The predicted molar refractivity (Wildman–Crippen MR) is 85.7 cm³/mol. The van der Waals surface area contributed by atoms with Crippen LogP contribution in [-0.4, -0.2) is 21.7 Å². The van der Waals surface area contributed by atoms with Crippen LogP contribution in [0.3, 0.4) is 0 Å². The number of hydrogen-bond donors (Lipinski definition) is 3. The number of nitrogen functional groups attached to an aromatic ring is 2. The first-order chi connectivity index (χ1) is 10.7. The summed E-state index contributed by atoms with van der Waals surface area (Å²) in [4.78, 5) is 8.15. The summed E-state index contributed by atoms with van der Waals surface area (Å²) in [5.41, 5.74) is 13.1. The Morgan fingerprint density at radius 1 is 0.955 bits per heavy atom. The molecule has 6 nitrogen and oxygen atoms in total. The van der Waals surface area contributed by atoms with Crippen molar-refractivity contribution in [3.63, 3.8) is 0 Å². The van der Waals surface area contributed by atoms with Crippen molar-refractivity contribution in [1.29, 1.82) is 0 Å². The summed E-state index contributed by atoms with van der Waals surface area (Å²) in [7, 11) is 0. The van der Waals surface area contributed by atoms with E-state index in [0.29, 0.717) is 28.8 Å². The Labute approximate surface area is 127 Å². The van der Waals surface area contributed by atoms with Gasteiger partial charge in [-0.2, -0.15) is 4.98 Å². The Morgan fingerprint density at radius 3 is 2.55 bits per heavy atom. The van der Waals surface area contributed by atoms with Crippen molar-refractivity contribution in [2.75, 3.05) is 18.1 Å². The number of hydrogen-bond acceptors (Lipinski definition) is 6. The van der Waals surface area contributed by atoms with E-state index in [-0.39, 0.29) is 18.4 Å². The maximum Gasteiger partial charge on any atom is 0.222 e. The molecule has 0 unspecified atom stereocenters. The lowest BCUT2D eigenvalue weighted by molar-refractivity contribution is 0.298. The van der Waals surface area contributed by atoms with Gasteiger partial charge in [0.2, 0.25) is 5.95 Å². The van der Waals surface area contributed by atoms with Crippen LogP contribution < -0.4 is 16.2 Å². The molecular formula is C16H16N4O2. The van der Waals surface area contributed by atoms with E-state index >= 15 is 0 Å². The molecule has 5 N–H and O–H groups in total. The highest BCUT2D eigenvalue weighted by Gasteiger charge is 2.11. The van der Waals surface area contributed by atoms with Crippen molar-refractivity contribution < 1.29 is 9.84 Å². The molecule has 3 aromatic rings. The molecule has 0 fully saturated rings. The van der Waals surface area contributed by atoms with Crippen molar-refractivity contribution in [3.05, 3.63) is 48.0 Å². The van der Waals surface area contributed by atoms with Crippen molar-refractivity contribution >= 4 is 22.7 Å². The standard InChI is InChI=1S/C16H16N4O2/c17-15-14-11(19-16(18)20-15)5-3-7-13(14)22-12-6-2-1-4-10(12)8-9-21/h1-7,21H,8-9H2,(H4,17,18,19,20). The molecular weight excluding hydrogens is 280 g/mol. The number of aliphatic hydroxyl groups excluding tert-OH is 1. The van der Waals surface area contributed by atoms with Gasteiger partial charge in [0, 0.05) is 6.61 Å². The number of ether oxygens (including phenoxy) is 1.